The molecule has 0 unspecified atom stereocenters. The lowest BCUT2D eigenvalue weighted by molar-refractivity contribution is -0.122. The van der Waals surface area contributed by atoms with Crippen molar-refractivity contribution in [2.45, 2.75) is 26.7 Å². The minimum absolute atomic E-state index is 0.00847. The van der Waals surface area contributed by atoms with Gasteiger partial charge < -0.3 is 16.4 Å². The van der Waals surface area contributed by atoms with Crippen molar-refractivity contribution in [1.82, 2.24) is 4.90 Å². The highest BCUT2D eigenvalue weighted by atomic mass is 16.1. The molecule has 0 aromatic carbocycles. The molecule has 5 heteroatoms. The van der Waals surface area contributed by atoms with Crippen molar-refractivity contribution < 1.29 is 4.79 Å². The van der Waals surface area contributed by atoms with Gasteiger partial charge in [-0.2, -0.15) is 0 Å². The van der Waals surface area contributed by atoms with Gasteiger partial charge in [-0.15, -0.1) is 0 Å². The van der Waals surface area contributed by atoms with Crippen LogP contribution in [0.25, 0.3) is 0 Å². The van der Waals surface area contributed by atoms with Crippen molar-refractivity contribution in [2.24, 2.45) is 28.3 Å². The number of hydrogen-bond acceptors (Lipinski definition) is 2. The number of piperidine rings is 1. The summed E-state index contributed by atoms with van der Waals surface area (Å²) in [6, 6.07) is 0. The maximum atomic E-state index is 11.0. The highest BCUT2D eigenvalue weighted by Gasteiger charge is 2.23. The minimum atomic E-state index is -0.197. The van der Waals surface area contributed by atoms with Crippen LogP contribution in [0, 0.1) is 11.8 Å². The van der Waals surface area contributed by atoms with E-state index in [0.717, 1.165) is 32.5 Å². The first-order valence-electron chi connectivity index (χ1n) is 5.85. The first-order valence-corrected chi connectivity index (χ1v) is 5.85. The summed E-state index contributed by atoms with van der Waals surface area (Å²) in [4.78, 5) is 17.3. The zero-order chi connectivity index (χ0) is 12.1. The van der Waals surface area contributed by atoms with Crippen molar-refractivity contribution >= 4 is 11.9 Å². The SMILES string of the molecule is CC(C)CN=C(N)N1CCC(C(N)=O)CC1. The van der Waals surface area contributed by atoms with E-state index in [9.17, 15) is 4.79 Å². The van der Waals surface area contributed by atoms with Crippen LogP contribution in [-0.4, -0.2) is 36.4 Å². The fourth-order valence-corrected chi connectivity index (χ4v) is 1.77. The number of guanidine groups is 1. The first kappa shape index (κ1) is 12.8. The average molecular weight is 226 g/mol. The van der Waals surface area contributed by atoms with Crippen LogP contribution < -0.4 is 11.5 Å². The topological polar surface area (TPSA) is 84.7 Å². The van der Waals surface area contributed by atoms with Gasteiger partial charge in [0.2, 0.25) is 5.91 Å². The molecule has 0 spiro atoms. The third-order valence-corrected chi connectivity index (χ3v) is 2.84. The number of primary amides is 1. The molecule has 0 atom stereocenters. The van der Waals surface area contributed by atoms with Crippen molar-refractivity contribution in [2.75, 3.05) is 19.6 Å². The summed E-state index contributed by atoms with van der Waals surface area (Å²) < 4.78 is 0. The fraction of sp³-hybridized carbons (Fsp3) is 0.818. The van der Waals surface area contributed by atoms with Gasteiger partial charge in [0.1, 0.15) is 0 Å². The van der Waals surface area contributed by atoms with Gasteiger partial charge in [0.15, 0.2) is 5.96 Å². The van der Waals surface area contributed by atoms with E-state index in [-0.39, 0.29) is 11.8 Å². The van der Waals surface area contributed by atoms with E-state index in [1.165, 1.54) is 0 Å². The Bertz CT molecular complexity index is 267. The molecule has 5 nitrogen and oxygen atoms in total. The number of likely N-dealkylation sites (tertiary alicyclic amines) is 1. The molecule has 4 N–H and O–H groups in total. The van der Waals surface area contributed by atoms with Crippen LogP contribution in [-0.2, 0) is 4.79 Å². The average Bonchev–Trinajstić information content (AvgIpc) is 2.26. The van der Waals surface area contributed by atoms with Crippen molar-refractivity contribution in [3.63, 3.8) is 0 Å². The van der Waals surface area contributed by atoms with Gasteiger partial charge >= 0.3 is 0 Å². The van der Waals surface area contributed by atoms with Gasteiger partial charge in [-0.3, -0.25) is 9.79 Å². The standard InChI is InChI=1S/C11H22N4O/c1-8(2)7-14-11(13)15-5-3-9(4-6-15)10(12)16/h8-9H,3-7H2,1-2H3,(H2,12,16)(H2,13,14). The van der Waals surface area contributed by atoms with E-state index >= 15 is 0 Å². The maximum Gasteiger partial charge on any atom is 0.220 e. The Labute approximate surface area is 96.9 Å². The number of nitrogens with zero attached hydrogens (tertiary/aromatic N) is 2. The van der Waals surface area contributed by atoms with Gasteiger partial charge in [-0.05, 0) is 18.8 Å². The van der Waals surface area contributed by atoms with Crippen LogP contribution in [0.2, 0.25) is 0 Å². The molecule has 1 amide bonds. The van der Waals surface area contributed by atoms with Crippen LogP contribution in [0.5, 0.6) is 0 Å². The predicted molar refractivity (Wildman–Crippen MR) is 64.8 cm³/mol. The number of rotatable bonds is 3. The summed E-state index contributed by atoms with van der Waals surface area (Å²) in [7, 11) is 0. The maximum absolute atomic E-state index is 11.0. The minimum Gasteiger partial charge on any atom is -0.370 e. The van der Waals surface area contributed by atoms with Crippen LogP contribution in [0.1, 0.15) is 26.7 Å². The van der Waals surface area contributed by atoms with Crippen LogP contribution in [0.3, 0.4) is 0 Å². The second kappa shape index (κ2) is 5.72. The normalized spacial score (nSPS) is 19.2. The van der Waals surface area contributed by atoms with Gasteiger partial charge in [-0.25, -0.2) is 0 Å². The van der Waals surface area contributed by atoms with E-state index in [4.69, 9.17) is 11.5 Å². The number of aliphatic imine (C=N–C) groups is 1. The monoisotopic (exact) mass is 226 g/mol. The second-order valence-corrected chi connectivity index (χ2v) is 4.76. The largest absolute Gasteiger partial charge is 0.370 e. The van der Waals surface area contributed by atoms with Crippen LogP contribution >= 0.6 is 0 Å². The Balaban J connectivity index is 2.41. The molecule has 0 aromatic rings. The molecule has 0 saturated carbocycles. The molecule has 92 valence electrons. The zero-order valence-corrected chi connectivity index (χ0v) is 10.1. The zero-order valence-electron chi connectivity index (χ0n) is 10.1. The molecular formula is C11H22N4O. The lowest BCUT2D eigenvalue weighted by atomic mass is 9.96. The molecule has 0 aliphatic carbocycles. The van der Waals surface area contributed by atoms with Crippen molar-refractivity contribution in [1.29, 1.82) is 0 Å². The Kier molecular flexibility index (Phi) is 4.58. The molecule has 1 aliphatic rings. The highest BCUT2D eigenvalue weighted by molar-refractivity contribution is 5.79. The third kappa shape index (κ3) is 3.72. The lowest BCUT2D eigenvalue weighted by Crippen LogP contribution is -2.45. The number of carbonyl (C=O) groups is 1. The summed E-state index contributed by atoms with van der Waals surface area (Å²) in [5, 5.41) is 0. The molecule has 0 radical (unpaired) electrons. The van der Waals surface area contributed by atoms with E-state index in [1.54, 1.807) is 0 Å². The summed E-state index contributed by atoms with van der Waals surface area (Å²) in [5.74, 6) is 0.921. The quantitative estimate of drug-likeness (QED) is 0.531. The molecule has 0 bridgehead atoms. The van der Waals surface area contributed by atoms with E-state index in [0.29, 0.717) is 11.9 Å². The van der Waals surface area contributed by atoms with Gasteiger partial charge in [0, 0.05) is 25.6 Å². The van der Waals surface area contributed by atoms with E-state index in [2.05, 4.69) is 18.8 Å². The molecule has 1 rings (SSSR count). The van der Waals surface area contributed by atoms with Gasteiger partial charge in [-0.1, -0.05) is 13.8 Å². The second-order valence-electron chi connectivity index (χ2n) is 4.76. The molecule has 0 aromatic heterocycles. The molecular weight excluding hydrogens is 204 g/mol. The number of carbonyl (C=O) groups excluding carboxylic acids is 1. The molecule has 1 saturated heterocycles. The van der Waals surface area contributed by atoms with Crippen LogP contribution in [0.4, 0.5) is 0 Å². The van der Waals surface area contributed by atoms with Gasteiger partial charge in [0.25, 0.3) is 0 Å². The Morgan fingerprint density at radius 2 is 1.94 bits per heavy atom. The Hall–Kier alpha value is -1.26. The number of nitrogens with two attached hydrogens (primary N) is 2. The Morgan fingerprint density at radius 3 is 2.38 bits per heavy atom. The summed E-state index contributed by atoms with van der Waals surface area (Å²) in [5.41, 5.74) is 11.1. The number of amides is 1. The highest BCUT2D eigenvalue weighted by Crippen LogP contribution is 2.16. The summed E-state index contributed by atoms with van der Waals surface area (Å²) in [6.07, 6.45) is 1.57. The third-order valence-electron chi connectivity index (χ3n) is 2.84. The lowest BCUT2D eigenvalue weighted by Gasteiger charge is -2.31. The van der Waals surface area contributed by atoms with E-state index in [1.807, 2.05) is 4.90 Å². The number of hydrogen-bond donors (Lipinski definition) is 2. The van der Waals surface area contributed by atoms with E-state index < -0.39 is 0 Å². The van der Waals surface area contributed by atoms with Crippen LogP contribution in [0.15, 0.2) is 4.99 Å². The molecule has 1 heterocycles. The Morgan fingerprint density at radius 1 is 1.38 bits per heavy atom. The van der Waals surface area contributed by atoms with Crippen molar-refractivity contribution in [3.8, 4) is 0 Å². The smallest absolute Gasteiger partial charge is 0.220 e. The van der Waals surface area contributed by atoms with Gasteiger partial charge in [0.05, 0.1) is 0 Å². The summed E-state index contributed by atoms with van der Waals surface area (Å²) >= 11 is 0. The molecule has 1 fully saturated rings. The molecule has 1 aliphatic heterocycles. The fourth-order valence-electron chi connectivity index (χ4n) is 1.77. The predicted octanol–water partition coefficient (Wildman–Crippen LogP) is 0.154. The first-order chi connectivity index (χ1) is 7.50. The van der Waals surface area contributed by atoms with Crippen molar-refractivity contribution in [3.05, 3.63) is 0 Å². The summed E-state index contributed by atoms with van der Waals surface area (Å²) in [6.45, 7) is 6.52. The molecule has 16 heavy (non-hydrogen) atoms.